The highest BCUT2D eigenvalue weighted by Gasteiger charge is 2.12. The van der Waals surface area contributed by atoms with E-state index < -0.39 is 5.97 Å². The number of benzene rings is 1. The zero-order valence-corrected chi connectivity index (χ0v) is 10.1. The number of hydrogen-bond acceptors (Lipinski definition) is 5. The van der Waals surface area contributed by atoms with Crippen molar-refractivity contribution in [2.24, 2.45) is 0 Å². The summed E-state index contributed by atoms with van der Waals surface area (Å²) in [7, 11) is 0. The first-order valence-corrected chi connectivity index (χ1v) is 6.07. The van der Waals surface area contributed by atoms with Crippen LogP contribution in [0.5, 0.6) is 5.75 Å². The fourth-order valence-corrected chi connectivity index (χ4v) is 2.01. The van der Waals surface area contributed by atoms with Crippen LogP contribution in [0.2, 0.25) is 0 Å². The molecule has 0 bridgehead atoms. The maximum absolute atomic E-state index is 11.6. The molecular formula is C13H10O4S. The fourth-order valence-electron chi connectivity index (χ4n) is 1.36. The molecule has 18 heavy (non-hydrogen) atoms. The Labute approximate surface area is 107 Å². The predicted molar refractivity (Wildman–Crippen MR) is 67.0 cm³/mol. The highest BCUT2D eigenvalue weighted by atomic mass is 32.1. The third kappa shape index (κ3) is 2.95. The molecule has 1 aromatic carbocycles. The molecule has 2 rings (SSSR count). The minimum Gasteiger partial charge on any atom is -0.508 e. The second kappa shape index (κ2) is 5.46. The van der Waals surface area contributed by atoms with Crippen LogP contribution in [0.25, 0.3) is 0 Å². The van der Waals surface area contributed by atoms with Gasteiger partial charge in [0.2, 0.25) is 5.78 Å². The molecule has 0 aliphatic carbocycles. The van der Waals surface area contributed by atoms with Crippen LogP contribution in [0.3, 0.4) is 0 Å². The Morgan fingerprint density at radius 3 is 2.72 bits per heavy atom. The molecule has 0 unspecified atom stereocenters. The Bertz CT molecular complexity index is 560. The zero-order chi connectivity index (χ0) is 13.0. The van der Waals surface area contributed by atoms with Crippen LogP contribution in [-0.4, -0.2) is 23.5 Å². The number of carbonyl (C=O) groups is 2. The van der Waals surface area contributed by atoms with E-state index in [1.807, 2.05) is 0 Å². The molecule has 1 heterocycles. The fraction of sp³-hybridized carbons (Fsp3) is 0.0769. The number of carbonyl (C=O) groups excluding carboxylic acids is 2. The summed E-state index contributed by atoms with van der Waals surface area (Å²) in [5, 5.41) is 11.0. The molecule has 92 valence electrons. The quantitative estimate of drug-likeness (QED) is 0.679. The number of esters is 1. The van der Waals surface area contributed by atoms with Gasteiger partial charge in [-0.3, -0.25) is 4.79 Å². The lowest BCUT2D eigenvalue weighted by atomic mass is 10.2. The second-order valence-electron chi connectivity index (χ2n) is 3.53. The smallest absolute Gasteiger partial charge is 0.338 e. The molecule has 2 aromatic rings. The summed E-state index contributed by atoms with van der Waals surface area (Å²) < 4.78 is 4.88. The van der Waals surface area contributed by atoms with Crippen LogP contribution < -0.4 is 0 Å². The highest BCUT2D eigenvalue weighted by Crippen LogP contribution is 2.13. The van der Waals surface area contributed by atoms with Crippen molar-refractivity contribution in [2.45, 2.75) is 0 Å². The minimum absolute atomic E-state index is 0.0194. The summed E-state index contributed by atoms with van der Waals surface area (Å²) in [6, 6.07) is 9.22. The zero-order valence-electron chi connectivity index (χ0n) is 9.33. The molecule has 0 aliphatic rings. The molecule has 0 fully saturated rings. The van der Waals surface area contributed by atoms with E-state index in [1.165, 1.54) is 35.6 Å². The van der Waals surface area contributed by atoms with Gasteiger partial charge >= 0.3 is 5.97 Å². The van der Waals surface area contributed by atoms with E-state index in [4.69, 9.17) is 4.74 Å². The molecule has 0 spiro atoms. The van der Waals surface area contributed by atoms with Crippen molar-refractivity contribution >= 4 is 23.1 Å². The third-order valence-electron chi connectivity index (χ3n) is 2.21. The van der Waals surface area contributed by atoms with Crippen molar-refractivity contribution in [3.05, 3.63) is 52.2 Å². The van der Waals surface area contributed by atoms with Gasteiger partial charge in [0.25, 0.3) is 0 Å². The Kier molecular flexibility index (Phi) is 3.74. The van der Waals surface area contributed by atoms with Gasteiger partial charge < -0.3 is 9.84 Å². The largest absolute Gasteiger partial charge is 0.508 e. The molecular weight excluding hydrogens is 252 g/mol. The normalized spacial score (nSPS) is 10.0. The molecule has 0 saturated carbocycles. The van der Waals surface area contributed by atoms with Gasteiger partial charge in [0, 0.05) is 0 Å². The van der Waals surface area contributed by atoms with E-state index in [-0.39, 0.29) is 23.7 Å². The molecule has 5 heteroatoms. The topological polar surface area (TPSA) is 63.6 Å². The van der Waals surface area contributed by atoms with Gasteiger partial charge in [-0.15, -0.1) is 11.3 Å². The monoisotopic (exact) mass is 262 g/mol. The van der Waals surface area contributed by atoms with E-state index in [0.29, 0.717) is 4.88 Å². The minimum atomic E-state index is -0.629. The van der Waals surface area contributed by atoms with Crippen LogP contribution in [0.4, 0.5) is 0 Å². The SMILES string of the molecule is O=C(OCC(=O)c1cccs1)c1cccc(O)c1. The summed E-state index contributed by atoms with van der Waals surface area (Å²) in [4.78, 5) is 23.7. The van der Waals surface area contributed by atoms with Crippen molar-refractivity contribution in [3.8, 4) is 5.75 Å². The third-order valence-corrected chi connectivity index (χ3v) is 3.12. The standard InChI is InChI=1S/C13H10O4S/c14-10-4-1-3-9(7-10)13(16)17-8-11(15)12-5-2-6-18-12/h1-7,14H,8H2. The summed E-state index contributed by atoms with van der Waals surface area (Å²) in [6.45, 7) is -0.297. The Morgan fingerprint density at radius 2 is 2.06 bits per heavy atom. The number of aromatic hydroxyl groups is 1. The van der Waals surface area contributed by atoms with Crippen LogP contribution >= 0.6 is 11.3 Å². The van der Waals surface area contributed by atoms with Crippen LogP contribution in [-0.2, 0) is 4.74 Å². The van der Waals surface area contributed by atoms with Crippen molar-refractivity contribution < 1.29 is 19.4 Å². The number of phenols is 1. The maximum atomic E-state index is 11.6. The molecule has 1 N–H and O–H groups in total. The van der Waals surface area contributed by atoms with Gasteiger partial charge in [-0.2, -0.15) is 0 Å². The van der Waals surface area contributed by atoms with Crippen molar-refractivity contribution in [2.75, 3.05) is 6.61 Å². The molecule has 0 amide bonds. The summed E-state index contributed by atoms with van der Waals surface area (Å²) >= 11 is 1.30. The van der Waals surface area contributed by atoms with E-state index in [1.54, 1.807) is 17.5 Å². The van der Waals surface area contributed by atoms with Gasteiger partial charge in [-0.25, -0.2) is 4.79 Å². The number of thiophene rings is 1. The second-order valence-corrected chi connectivity index (χ2v) is 4.47. The molecule has 4 nitrogen and oxygen atoms in total. The summed E-state index contributed by atoms with van der Waals surface area (Å²) in [5.41, 5.74) is 0.217. The van der Waals surface area contributed by atoms with Crippen molar-refractivity contribution in [1.82, 2.24) is 0 Å². The van der Waals surface area contributed by atoms with E-state index in [2.05, 4.69) is 0 Å². The highest BCUT2D eigenvalue weighted by molar-refractivity contribution is 7.12. The Hall–Kier alpha value is -2.14. The number of phenolic OH excluding ortho intramolecular Hbond substituents is 1. The predicted octanol–water partition coefficient (Wildman–Crippen LogP) is 2.49. The van der Waals surface area contributed by atoms with E-state index >= 15 is 0 Å². The average molecular weight is 262 g/mol. The van der Waals surface area contributed by atoms with Gasteiger partial charge in [0.15, 0.2) is 6.61 Å². The molecule has 0 aliphatic heterocycles. The number of ketones is 1. The van der Waals surface area contributed by atoms with Crippen LogP contribution in [0.15, 0.2) is 41.8 Å². The van der Waals surface area contributed by atoms with Gasteiger partial charge in [0.05, 0.1) is 10.4 Å². The molecule has 1 aromatic heterocycles. The van der Waals surface area contributed by atoms with E-state index in [9.17, 15) is 14.7 Å². The number of rotatable bonds is 4. The van der Waals surface area contributed by atoms with Gasteiger partial charge in [0.1, 0.15) is 5.75 Å². The number of Topliss-reactive ketones (excluding diaryl/α,β-unsaturated/α-hetero) is 1. The number of hydrogen-bond donors (Lipinski definition) is 1. The van der Waals surface area contributed by atoms with Gasteiger partial charge in [-0.1, -0.05) is 12.1 Å². The first kappa shape index (κ1) is 12.3. The Balaban J connectivity index is 1.95. The van der Waals surface area contributed by atoms with Crippen molar-refractivity contribution in [3.63, 3.8) is 0 Å². The van der Waals surface area contributed by atoms with Crippen LogP contribution in [0.1, 0.15) is 20.0 Å². The first-order chi connectivity index (χ1) is 8.66. The summed E-state index contributed by atoms with van der Waals surface area (Å²) in [6.07, 6.45) is 0. The maximum Gasteiger partial charge on any atom is 0.338 e. The first-order valence-electron chi connectivity index (χ1n) is 5.19. The van der Waals surface area contributed by atoms with Crippen LogP contribution in [0, 0.1) is 0 Å². The lowest BCUT2D eigenvalue weighted by molar-refractivity contribution is 0.0475. The van der Waals surface area contributed by atoms with Gasteiger partial charge in [-0.05, 0) is 29.6 Å². The lowest BCUT2D eigenvalue weighted by Crippen LogP contribution is -2.13. The lowest BCUT2D eigenvalue weighted by Gasteiger charge is -2.03. The van der Waals surface area contributed by atoms with E-state index in [0.717, 1.165) is 0 Å². The molecule has 0 atom stereocenters. The van der Waals surface area contributed by atoms with Crippen molar-refractivity contribution in [1.29, 1.82) is 0 Å². The number of ether oxygens (including phenoxy) is 1. The molecule has 0 saturated heterocycles. The average Bonchev–Trinajstić information content (AvgIpc) is 2.89. The Morgan fingerprint density at radius 1 is 1.22 bits per heavy atom. The summed E-state index contributed by atoms with van der Waals surface area (Å²) in [5.74, 6) is -0.886. The molecule has 0 radical (unpaired) electrons.